The molecule has 0 aliphatic rings. The fraction of sp³-hybridized carbons (Fsp3) is 1.00. The number of alkyl halides is 1. The molecule has 5 heteroatoms. The van der Waals surface area contributed by atoms with Crippen molar-refractivity contribution in [1.29, 1.82) is 0 Å². The summed E-state index contributed by atoms with van der Waals surface area (Å²) in [6, 6.07) is 0. The Morgan fingerprint density at radius 2 is 1.38 bits per heavy atom. The van der Waals surface area contributed by atoms with E-state index in [0.717, 1.165) is 11.9 Å². The van der Waals surface area contributed by atoms with Gasteiger partial charge in [0.15, 0.2) is 0 Å². The summed E-state index contributed by atoms with van der Waals surface area (Å²) in [7, 11) is 1.66. The van der Waals surface area contributed by atoms with Gasteiger partial charge in [-0.3, -0.25) is 0 Å². The quantitative estimate of drug-likeness (QED) is 0.406. The molecule has 0 aromatic heterocycles. The topological polar surface area (TPSA) is 36.9 Å². The predicted octanol–water partition coefficient (Wildman–Crippen LogP) is 1.71. The number of hydrogen-bond acceptors (Lipinski definition) is 4. The fourth-order valence-corrected chi connectivity index (χ4v) is 1.10. The molecule has 0 aliphatic carbocycles. The van der Waals surface area contributed by atoms with Crippen molar-refractivity contribution in [3.8, 4) is 0 Å². The smallest absolute Gasteiger partial charge is 0.0701 e. The first kappa shape index (κ1) is 16.3. The number of methoxy groups -OCH3 is 1. The Morgan fingerprint density at radius 1 is 0.875 bits per heavy atom. The van der Waals surface area contributed by atoms with Crippen LogP contribution in [-0.4, -0.2) is 58.7 Å². The molecule has 0 bridgehead atoms. The van der Waals surface area contributed by atoms with Gasteiger partial charge in [0.05, 0.1) is 46.2 Å². The van der Waals surface area contributed by atoms with Crippen molar-refractivity contribution >= 4 is 15.9 Å². The lowest BCUT2D eigenvalue weighted by atomic mass is 10.2. The highest BCUT2D eigenvalue weighted by Gasteiger charge is 1.98. The van der Waals surface area contributed by atoms with Gasteiger partial charge in [-0.15, -0.1) is 0 Å². The Bertz CT molecular complexity index is 135. The monoisotopic (exact) mass is 298 g/mol. The van der Waals surface area contributed by atoms with E-state index in [-0.39, 0.29) is 0 Å². The first-order valence-electron chi connectivity index (χ1n) is 5.59. The minimum absolute atomic E-state index is 0.553. The molecule has 0 aromatic rings. The van der Waals surface area contributed by atoms with E-state index < -0.39 is 0 Å². The summed E-state index contributed by atoms with van der Waals surface area (Å²) < 4.78 is 20.8. The van der Waals surface area contributed by atoms with Crippen molar-refractivity contribution in [3.05, 3.63) is 0 Å². The van der Waals surface area contributed by atoms with E-state index in [2.05, 4.69) is 22.9 Å². The third kappa shape index (κ3) is 12.4. The zero-order valence-corrected chi connectivity index (χ0v) is 11.8. The lowest BCUT2D eigenvalue weighted by Gasteiger charge is -2.09. The van der Waals surface area contributed by atoms with E-state index in [1.54, 1.807) is 7.11 Å². The molecule has 16 heavy (non-hydrogen) atoms. The summed E-state index contributed by atoms with van der Waals surface area (Å²) in [5.74, 6) is 0.553. The van der Waals surface area contributed by atoms with E-state index in [1.165, 1.54) is 0 Å². The highest BCUT2D eigenvalue weighted by Crippen LogP contribution is 1.99. The van der Waals surface area contributed by atoms with E-state index in [4.69, 9.17) is 18.9 Å². The van der Waals surface area contributed by atoms with Gasteiger partial charge >= 0.3 is 0 Å². The van der Waals surface area contributed by atoms with Crippen LogP contribution in [0.1, 0.15) is 6.92 Å². The highest BCUT2D eigenvalue weighted by atomic mass is 79.9. The van der Waals surface area contributed by atoms with Crippen molar-refractivity contribution < 1.29 is 18.9 Å². The number of ether oxygens (including phenoxy) is 4. The van der Waals surface area contributed by atoms with Crippen LogP contribution in [0.2, 0.25) is 0 Å². The van der Waals surface area contributed by atoms with Gasteiger partial charge in [0, 0.05) is 12.4 Å². The first-order chi connectivity index (χ1) is 7.81. The van der Waals surface area contributed by atoms with Gasteiger partial charge in [-0.1, -0.05) is 22.9 Å². The maximum Gasteiger partial charge on any atom is 0.0701 e. The fourth-order valence-electron chi connectivity index (χ4n) is 0.911. The van der Waals surface area contributed by atoms with Gasteiger partial charge in [-0.05, 0) is 5.92 Å². The average Bonchev–Trinajstić information content (AvgIpc) is 2.31. The third-order valence-corrected chi connectivity index (χ3v) is 2.95. The molecule has 0 saturated carbocycles. The predicted molar refractivity (Wildman–Crippen MR) is 67.3 cm³/mol. The normalized spacial score (nSPS) is 12.9. The number of hydrogen-bond donors (Lipinski definition) is 0. The standard InChI is InChI=1S/C11H23BrO4/c1-11(9-12)10-16-8-7-15-6-5-14-4-3-13-2/h11H,3-10H2,1-2H3. The number of halogens is 1. The molecule has 0 N–H and O–H groups in total. The van der Waals surface area contributed by atoms with Crippen molar-refractivity contribution in [2.45, 2.75) is 6.92 Å². The van der Waals surface area contributed by atoms with Crippen molar-refractivity contribution in [1.82, 2.24) is 0 Å². The summed E-state index contributed by atoms with van der Waals surface area (Å²) in [6.07, 6.45) is 0. The second-order valence-corrected chi connectivity index (χ2v) is 4.20. The minimum Gasteiger partial charge on any atom is -0.382 e. The molecule has 0 aliphatic heterocycles. The van der Waals surface area contributed by atoms with Gasteiger partial charge in [0.25, 0.3) is 0 Å². The van der Waals surface area contributed by atoms with Gasteiger partial charge in [-0.2, -0.15) is 0 Å². The van der Waals surface area contributed by atoms with Gasteiger partial charge in [0.1, 0.15) is 0 Å². The van der Waals surface area contributed by atoms with E-state index >= 15 is 0 Å². The second kappa shape index (κ2) is 13.4. The van der Waals surface area contributed by atoms with Crippen LogP contribution >= 0.6 is 15.9 Å². The molecule has 0 aromatic carbocycles. The van der Waals surface area contributed by atoms with Crippen LogP contribution in [0.25, 0.3) is 0 Å². The minimum atomic E-state index is 0.553. The molecule has 0 heterocycles. The van der Waals surface area contributed by atoms with Crippen LogP contribution in [0.5, 0.6) is 0 Å². The lowest BCUT2D eigenvalue weighted by molar-refractivity contribution is 0.000444. The van der Waals surface area contributed by atoms with Crippen molar-refractivity contribution in [3.63, 3.8) is 0 Å². The number of rotatable bonds is 12. The summed E-state index contributed by atoms with van der Waals surface area (Å²) in [5, 5.41) is 0.973. The Balaban J connectivity index is 2.93. The molecule has 0 radical (unpaired) electrons. The molecule has 4 nitrogen and oxygen atoms in total. The summed E-state index contributed by atoms with van der Waals surface area (Å²) in [4.78, 5) is 0. The highest BCUT2D eigenvalue weighted by molar-refractivity contribution is 9.09. The van der Waals surface area contributed by atoms with Crippen LogP contribution < -0.4 is 0 Å². The molecule has 1 atom stereocenters. The maximum atomic E-state index is 5.42. The van der Waals surface area contributed by atoms with Crippen LogP contribution in [-0.2, 0) is 18.9 Å². The van der Waals surface area contributed by atoms with Crippen LogP contribution in [0.4, 0.5) is 0 Å². The van der Waals surface area contributed by atoms with Crippen molar-refractivity contribution in [2.75, 3.05) is 58.7 Å². The molecule has 98 valence electrons. The summed E-state index contributed by atoms with van der Waals surface area (Å²) >= 11 is 3.40. The first-order valence-corrected chi connectivity index (χ1v) is 6.71. The zero-order valence-electron chi connectivity index (χ0n) is 10.2. The zero-order chi connectivity index (χ0) is 12.1. The summed E-state index contributed by atoms with van der Waals surface area (Å²) in [6.45, 7) is 6.67. The maximum absolute atomic E-state index is 5.42. The molecule has 0 spiro atoms. The van der Waals surface area contributed by atoms with Gasteiger partial charge in [0.2, 0.25) is 0 Å². The van der Waals surface area contributed by atoms with Gasteiger partial charge in [-0.25, -0.2) is 0 Å². The van der Waals surface area contributed by atoms with E-state index in [1.807, 2.05) is 0 Å². The second-order valence-electron chi connectivity index (χ2n) is 3.55. The molecule has 1 unspecified atom stereocenters. The van der Waals surface area contributed by atoms with E-state index in [0.29, 0.717) is 45.6 Å². The Hall–Kier alpha value is 0.320. The molecule has 0 saturated heterocycles. The Morgan fingerprint density at radius 3 is 1.88 bits per heavy atom. The van der Waals surface area contributed by atoms with Crippen molar-refractivity contribution in [2.24, 2.45) is 5.92 Å². The Labute approximate surface area is 107 Å². The summed E-state index contributed by atoms with van der Waals surface area (Å²) in [5.41, 5.74) is 0. The SMILES string of the molecule is COCCOCCOCCOCC(C)CBr. The largest absolute Gasteiger partial charge is 0.382 e. The van der Waals surface area contributed by atoms with Gasteiger partial charge < -0.3 is 18.9 Å². The molecule has 0 rings (SSSR count). The lowest BCUT2D eigenvalue weighted by Crippen LogP contribution is -2.13. The van der Waals surface area contributed by atoms with E-state index in [9.17, 15) is 0 Å². The van der Waals surface area contributed by atoms with Crippen LogP contribution in [0, 0.1) is 5.92 Å². The molecular weight excluding hydrogens is 276 g/mol. The Kier molecular flexibility index (Phi) is 13.7. The molecular formula is C11H23BrO4. The van der Waals surface area contributed by atoms with Crippen LogP contribution in [0.15, 0.2) is 0 Å². The molecule has 0 amide bonds. The van der Waals surface area contributed by atoms with Crippen LogP contribution in [0.3, 0.4) is 0 Å². The molecule has 0 fully saturated rings. The third-order valence-electron chi connectivity index (χ3n) is 1.84. The average molecular weight is 299 g/mol.